The molecule has 2 fully saturated rings. The van der Waals surface area contributed by atoms with E-state index in [2.05, 4.69) is 4.90 Å². The predicted molar refractivity (Wildman–Crippen MR) is 92.6 cm³/mol. The summed E-state index contributed by atoms with van der Waals surface area (Å²) in [7, 11) is 3.38. The molecule has 0 radical (unpaired) electrons. The molecule has 0 saturated carbocycles. The van der Waals surface area contributed by atoms with E-state index in [0.717, 1.165) is 5.75 Å². The number of nitrogens with zero attached hydrogens (tertiary/aromatic N) is 3. The van der Waals surface area contributed by atoms with Crippen molar-refractivity contribution >= 4 is 12.0 Å². The highest BCUT2D eigenvalue weighted by Crippen LogP contribution is 2.42. The van der Waals surface area contributed by atoms with Crippen LogP contribution in [0.25, 0.3) is 0 Å². The molecule has 0 spiro atoms. The van der Waals surface area contributed by atoms with Crippen LogP contribution in [0.5, 0.6) is 5.75 Å². The van der Waals surface area contributed by atoms with Crippen LogP contribution >= 0.6 is 0 Å². The van der Waals surface area contributed by atoms with Crippen molar-refractivity contribution in [3.8, 4) is 5.75 Å². The van der Waals surface area contributed by atoms with Gasteiger partial charge >= 0.3 is 12.0 Å². The molecule has 0 aliphatic carbocycles. The number of carbonyl (C=O) groups excluding carboxylic acids is 1. The number of ether oxygens (including phenoxy) is 1. The Labute approximate surface area is 147 Å². The summed E-state index contributed by atoms with van der Waals surface area (Å²) in [4.78, 5) is 29.5. The van der Waals surface area contributed by atoms with Gasteiger partial charge in [0.05, 0.1) is 0 Å². The number of hydrogen-bond acceptors (Lipinski definition) is 4. The van der Waals surface area contributed by atoms with E-state index in [9.17, 15) is 14.7 Å². The maximum Gasteiger partial charge on any atom is 0.319 e. The second-order valence-corrected chi connectivity index (χ2v) is 7.11. The summed E-state index contributed by atoms with van der Waals surface area (Å²) >= 11 is 0. The molecule has 1 aromatic carbocycles. The molecule has 0 unspecified atom stereocenters. The third-order valence-electron chi connectivity index (χ3n) is 5.18. The smallest absolute Gasteiger partial charge is 0.319 e. The third kappa shape index (κ3) is 3.42. The lowest BCUT2D eigenvalue weighted by Gasteiger charge is -2.27. The lowest BCUT2D eigenvalue weighted by atomic mass is 9.81. The molecule has 0 bridgehead atoms. The highest BCUT2D eigenvalue weighted by Gasteiger charge is 2.58. The molecule has 2 saturated heterocycles. The number of amides is 2. The molecular weight excluding hydrogens is 322 g/mol. The van der Waals surface area contributed by atoms with Gasteiger partial charge in [0.1, 0.15) is 17.8 Å². The van der Waals surface area contributed by atoms with Crippen LogP contribution in [0.1, 0.15) is 0 Å². The zero-order valence-electron chi connectivity index (χ0n) is 14.7. The number of aliphatic carboxylic acids is 1. The molecule has 2 amide bonds. The molecule has 1 N–H and O–H groups in total. The van der Waals surface area contributed by atoms with Crippen molar-refractivity contribution in [3.63, 3.8) is 0 Å². The van der Waals surface area contributed by atoms with Crippen LogP contribution in [-0.4, -0.2) is 85.2 Å². The van der Waals surface area contributed by atoms with Crippen molar-refractivity contribution in [1.82, 2.24) is 14.7 Å². The summed E-state index contributed by atoms with van der Waals surface area (Å²) in [6, 6.07) is 9.47. The second-order valence-electron chi connectivity index (χ2n) is 7.11. The van der Waals surface area contributed by atoms with Gasteiger partial charge in [-0.3, -0.25) is 9.69 Å². The number of fused-ring (bicyclic) bond motifs is 1. The van der Waals surface area contributed by atoms with Crippen molar-refractivity contribution in [1.29, 1.82) is 0 Å². The van der Waals surface area contributed by atoms with Crippen molar-refractivity contribution in [3.05, 3.63) is 30.3 Å². The number of para-hydroxylation sites is 1. The first-order chi connectivity index (χ1) is 11.9. The Bertz CT molecular complexity index is 636. The highest BCUT2D eigenvalue weighted by molar-refractivity contribution is 5.80. The third-order valence-corrected chi connectivity index (χ3v) is 5.18. The SMILES string of the molecule is CN(C)C(=O)N1C[C@@H]2CN(CCOc3ccccc3)C[C@]2(C(=O)O)C1. The number of carboxylic acid groups (broad SMARTS) is 1. The number of hydrogen-bond donors (Lipinski definition) is 1. The Morgan fingerprint density at radius 1 is 1.24 bits per heavy atom. The number of likely N-dealkylation sites (tertiary alicyclic amines) is 2. The van der Waals surface area contributed by atoms with Crippen molar-refractivity contribution in [2.75, 3.05) is 53.4 Å². The minimum Gasteiger partial charge on any atom is -0.492 e. The van der Waals surface area contributed by atoms with Crippen molar-refractivity contribution in [2.24, 2.45) is 11.3 Å². The topological polar surface area (TPSA) is 73.3 Å². The average Bonchev–Trinajstić information content (AvgIpc) is 3.10. The van der Waals surface area contributed by atoms with Crippen LogP contribution in [0.2, 0.25) is 0 Å². The van der Waals surface area contributed by atoms with Gasteiger partial charge in [0.15, 0.2) is 0 Å². The largest absolute Gasteiger partial charge is 0.492 e. The molecule has 2 aliphatic rings. The van der Waals surface area contributed by atoms with Crippen LogP contribution in [0.15, 0.2) is 30.3 Å². The van der Waals surface area contributed by atoms with Gasteiger partial charge in [-0.25, -0.2) is 4.79 Å². The van der Waals surface area contributed by atoms with Crippen LogP contribution in [0.4, 0.5) is 4.79 Å². The van der Waals surface area contributed by atoms with E-state index in [4.69, 9.17) is 4.74 Å². The zero-order chi connectivity index (χ0) is 18.0. The van der Waals surface area contributed by atoms with Crippen LogP contribution in [-0.2, 0) is 4.79 Å². The van der Waals surface area contributed by atoms with E-state index >= 15 is 0 Å². The van der Waals surface area contributed by atoms with Crippen LogP contribution in [0, 0.1) is 11.3 Å². The number of urea groups is 1. The number of rotatable bonds is 5. The molecule has 1 aromatic rings. The number of carbonyl (C=O) groups is 2. The highest BCUT2D eigenvalue weighted by atomic mass is 16.5. The molecule has 3 rings (SSSR count). The Hall–Kier alpha value is -2.28. The monoisotopic (exact) mass is 347 g/mol. The van der Waals surface area contributed by atoms with E-state index < -0.39 is 11.4 Å². The second kappa shape index (κ2) is 6.92. The lowest BCUT2D eigenvalue weighted by molar-refractivity contribution is -0.148. The summed E-state index contributed by atoms with van der Waals surface area (Å²) in [5, 5.41) is 9.82. The fourth-order valence-corrected chi connectivity index (χ4v) is 3.88. The minimum atomic E-state index is -0.863. The Balaban J connectivity index is 1.58. The standard InChI is InChI=1S/C18H25N3O4/c1-19(2)17(24)21-11-14-10-20(12-18(14,13-21)16(22)23)8-9-25-15-6-4-3-5-7-15/h3-7,14H,8-13H2,1-2H3,(H,22,23)/t14-,18-/m0/s1. The number of carboxylic acids is 1. The molecule has 136 valence electrons. The van der Waals surface area contributed by atoms with Gasteiger partial charge in [0.2, 0.25) is 0 Å². The van der Waals surface area contributed by atoms with Crippen molar-refractivity contribution < 1.29 is 19.4 Å². The molecule has 2 atom stereocenters. The van der Waals surface area contributed by atoms with Crippen molar-refractivity contribution in [2.45, 2.75) is 0 Å². The Morgan fingerprint density at radius 3 is 2.56 bits per heavy atom. The Morgan fingerprint density at radius 2 is 1.96 bits per heavy atom. The molecule has 7 nitrogen and oxygen atoms in total. The van der Waals surface area contributed by atoms with Gasteiger partial charge in [0, 0.05) is 52.7 Å². The fraction of sp³-hybridized carbons (Fsp3) is 0.556. The van der Waals surface area contributed by atoms with E-state index in [0.29, 0.717) is 32.8 Å². The van der Waals surface area contributed by atoms with Gasteiger partial charge in [-0.15, -0.1) is 0 Å². The van der Waals surface area contributed by atoms with Crippen LogP contribution < -0.4 is 4.74 Å². The van der Waals surface area contributed by atoms with Gasteiger partial charge in [-0.1, -0.05) is 18.2 Å². The first kappa shape index (κ1) is 17.5. The summed E-state index contributed by atoms with van der Waals surface area (Å²) < 4.78 is 5.71. The summed E-state index contributed by atoms with van der Waals surface area (Å²) in [5.74, 6) is -0.0266. The molecule has 2 heterocycles. The average molecular weight is 347 g/mol. The van der Waals surface area contributed by atoms with Gasteiger partial charge < -0.3 is 19.6 Å². The summed E-state index contributed by atoms with van der Waals surface area (Å²) in [5.41, 5.74) is -0.863. The fourth-order valence-electron chi connectivity index (χ4n) is 3.88. The van der Waals surface area contributed by atoms with E-state index in [-0.39, 0.29) is 18.5 Å². The van der Waals surface area contributed by atoms with Gasteiger partial charge in [0.25, 0.3) is 0 Å². The quantitative estimate of drug-likeness (QED) is 0.862. The van der Waals surface area contributed by atoms with Gasteiger partial charge in [-0.05, 0) is 12.1 Å². The predicted octanol–water partition coefficient (Wildman–Crippen LogP) is 1.07. The number of benzene rings is 1. The zero-order valence-corrected chi connectivity index (χ0v) is 14.7. The summed E-state index contributed by atoms with van der Waals surface area (Å²) in [6.45, 7) is 3.12. The molecule has 0 aromatic heterocycles. The van der Waals surface area contributed by atoms with Crippen LogP contribution in [0.3, 0.4) is 0 Å². The molecule has 2 aliphatic heterocycles. The van der Waals surface area contributed by atoms with E-state index in [1.54, 1.807) is 19.0 Å². The first-order valence-electron chi connectivity index (χ1n) is 8.52. The maximum absolute atomic E-state index is 12.2. The van der Waals surface area contributed by atoms with Gasteiger partial charge in [-0.2, -0.15) is 0 Å². The lowest BCUT2D eigenvalue weighted by Crippen LogP contribution is -2.44. The normalized spacial score (nSPS) is 25.7. The minimum absolute atomic E-state index is 0.0365. The summed E-state index contributed by atoms with van der Waals surface area (Å²) in [6.07, 6.45) is 0. The molecular formula is C18H25N3O4. The molecule has 25 heavy (non-hydrogen) atoms. The van der Waals surface area contributed by atoms with E-state index in [1.165, 1.54) is 4.90 Å². The molecule has 7 heteroatoms. The first-order valence-corrected chi connectivity index (χ1v) is 8.52. The maximum atomic E-state index is 12.2. The van der Waals surface area contributed by atoms with E-state index in [1.807, 2.05) is 30.3 Å². The Kier molecular flexibility index (Phi) is 4.85.